The van der Waals surface area contributed by atoms with Crippen LogP contribution in [-0.2, 0) is 24.0 Å². The molecule has 0 aliphatic carbocycles. The van der Waals surface area contributed by atoms with Crippen molar-refractivity contribution in [3.8, 4) is 0 Å². The van der Waals surface area contributed by atoms with Gasteiger partial charge in [0.2, 0.25) is 23.6 Å². The molecule has 0 aromatic heterocycles. The fraction of sp³-hybridized carbons (Fsp3) is 0.478. The molecule has 1 aliphatic rings. The maximum absolute atomic E-state index is 13.1. The Morgan fingerprint density at radius 3 is 2.30 bits per heavy atom. The lowest BCUT2D eigenvalue weighted by Crippen LogP contribution is -2.56. The van der Waals surface area contributed by atoms with Crippen molar-refractivity contribution >= 4 is 41.2 Å². The molecule has 0 saturated carbocycles. The van der Waals surface area contributed by atoms with Crippen LogP contribution in [0.3, 0.4) is 0 Å². The van der Waals surface area contributed by atoms with E-state index < -0.39 is 59.5 Å². The molecule has 2 rings (SSSR count). The fourth-order valence-electron chi connectivity index (χ4n) is 3.78. The number of likely N-dealkylation sites (tertiary alicyclic amines) is 1. The van der Waals surface area contributed by atoms with Gasteiger partial charge in [0.15, 0.2) is 0 Å². The summed E-state index contributed by atoms with van der Waals surface area (Å²) in [7, 11) is 0. The number of aliphatic carboxylic acids is 1. The first-order valence-corrected chi connectivity index (χ1v) is 11.6. The number of nitrogens with zero attached hydrogens (tertiary/aromatic N) is 1. The zero-order valence-corrected chi connectivity index (χ0v) is 20.5. The number of nitrogen functional groups attached to an aromatic ring is 1. The highest BCUT2D eigenvalue weighted by Gasteiger charge is 2.37. The number of nitrogens with two attached hydrogens (primary N) is 1. The molecule has 1 aliphatic heterocycles. The molecule has 14 heteroatoms. The summed E-state index contributed by atoms with van der Waals surface area (Å²) in [5.74, 6) is -5.51. The zero-order chi connectivity index (χ0) is 27.7. The van der Waals surface area contributed by atoms with Gasteiger partial charge in [-0.05, 0) is 50.5 Å². The Morgan fingerprint density at radius 2 is 1.70 bits per heavy atom. The third-order valence-electron chi connectivity index (χ3n) is 5.96. The molecule has 1 fully saturated rings. The van der Waals surface area contributed by atoms with Crippen LogP contribution in [0.5, 0.6) is 0 Å². The SMILES string of the molecule is CC(C[C@@H](NC(=O)[C@@H]1CCCN1C(=O)CNC(=O)c1ccc(N)cc1)C(=O)N[C@H](C)C(=O)O)C(=O)NO. The summed E-state index contributed by atoms with van der Waals surface area (Å²) < 4.78 is 0. The predicted molar refractivity (Wildman–Crippen MR) is 129 cm³/mol. The van der Waals surface area contributed by atoms with E-state index >= 15 is 0 Å². The van der Waals surface area contributed by atoms with Gasteiger partial charge in [-0.2, -0.15) is 0 Å². The number of rotatable bonds is 11. The monoisotopic (exact) mass is 520 g/mol. The maximum atomic E-state index is 13.1. The van der Waals surface area contributed by atoms with Crippen molar-refractivity contribution < 1.29 is 39.1 Å². The Balaban J connectivity index is 2.06. The van der Waals surface area contributed by atoms with Crippen LogP contribution >= 0.6 is 0 Å². The van der Waals surface area contributed by atoms with Gasteiger partial charge in [-0.25, -0.2) is 5.48 Å². The summed E-state index contributed by atoms with van der Waals surface area (Å²) in [5.41, 5.74) is 7.86. The molecule has 0 bridgehead atoms. The number of carboxylic acids is 1. The second-order valence-corrected chi connectivity index (χ2v) is 8.79. The molecule has 1 aromatic rings. The number of anilines is 1. The van der Waals surface area contributed by atoms with E-state index in [2.05, 4.69) is 16.0 Å². The van der Waals surface area contributed by atoms with Crippen LogP contribution in [0.4, 0.5) is 5.69 Å². The number of amides is 5. The molecule has 14 nitrogen and oxygen atoms in total. The summed E-state index contributed by atoms with van der Waals surface area (Å²) >= 11 is 0. The first kappa shape index (κ1) is 29.0. The second-order valence-electron chi connectivity index (χ2n) is 8.79. The summed E-state index contributed by atoms with van der Waals surface area (Å²) in [6.07, 6.45) is 0.566. The van der Waals surface area contributed by atoms with E-state index in [9.17, 15) is 28.8 Å². The number of carbonyl (C=O) groups is 6. The van der Waals surface area contributed by atoms with Crippen LogP contribution in [0.15, 0.2) is 24.3 Å². The van der Waals surface area contributed by atoms with Crippen molar-refractivity contribution in [1.29, 1.82) is 0 Å². The van der Waals surface area contributed by atoms with Crippen LogP contribution in [0.1, 0.15) is 43.5 Å². The largest absolute Gasteiger partial charge is 0.480 e. The van der Waals surface area contributed by atoms with Gasteiger partial charge in [0, 0.05) is 23.7 Å². The van der Waals surface area contributed by atoms with Gasteiger partial charge in [0.1, 0.15) is 18.1 Å². The van der Waals surface area contributed by atoms with Crippen molar-refractivity contribution in [3.05, 3.63) is 29.8 Å². The Kier molecular flexibility index (Phi) is 10.4. The van der Waals surface area contributed by atoms with Gasteiger partial charge in [-0.3, -0.25) is 34.0 Å². The predicted octanol–water partition coefficient (Wildman–Crippen LogP) is -1.40. The Morgan fingerprint density at radius 1 is 1.05 bits per heavy atom. The summed E-state index contributed by atoms with van der Waals surface area (Å²) in [6, 6.07) is 2.60. The smallest absolute Gasteiger partial charge is 0.325 e. The molecule has 37 heavy (non-hydrogen) atoms. The molecule has 0 radical (unpaired) electrons. The van der Waals surface area contributed by atoms with Crippen LogP contribution in [0, 0.1) is 5.92 Å². The van der Waals surface area contributed by atoms with Crippen molar-refractivity contribution in [2.45, 2.75) is 51.2 Å². The topological polar surface area (TPSA) is 220 Å². The number of carbonyl (C=O) groups excluding carboxylic acids is 5. The Bertz CT molecular complexity index is 1030. The first-order valence-electron chi connectivity index (χ1n) is 11.6. The summed E-state index contributed by atoms with van der Waals surface area (Å²) in [5, 5.41) is 25.2. The molecule has 0 spiro atoms. The molecule has 1 unspecified atom stereocenters. The molecule has 202 valence electrons. The lowest BCUT2D eigenvalue weighted by Gasteiger charge is -2.27. The van der Waals surface area contributed by atoms with Gasteiger partial charge in [0.05, 0.1) is 6.54 Å². The molecule has 1 heterocycles. The number of hydrogen-bond acceptors (Lipinski definition) is 8. The quantitative estimate of drug-likeness (QED) is 0.103. The van der Waals surface area contributed by atoms with Crippen molar-refractivity contribution in [2.24, 2.45) is 5.92 Å². The number of hydrogen-bond donors (Lipinski definition) is 7. The van der Waals surface area contributed by atoms with E-state index in [1.165, 1.54) is 36.4 Å². The number of nitrogens with one attached hydrogen (secondary N) is 4. The van der Waals surface area contributed by atoms with E-state index in [1.807, 2.05) is 0 Å². The number of carboxylic acid groups (broad SMARTS) is 1. The van der Waals surface area contributed by atoms with E-state index in [0.717, 1.165) is 0 Å². The van der Waals surface area contributed by atoms with Crippen LogP contribution in [0.25, 0.3) is 0 Å². The highest BCUT2D eigenvalue weighted by atomic mass is 16.5. The van der Waals surface area contributed by atoms with Gasteiger partial charge in [-0.15, -0.1) is 0 Å². The van der Waals surface area contributed by atoms with E-state index in [1.54, 1.807) is 12.1 Å². The molecule has 1 aromatic carbocycles. The molecule has 4 atom stereocenters. The van der Waals surface area contributed by atoms with Crippen LogP contribution in [0.2, 0.25) is 0 Å². The van der Waals surface area contributed by atoms with Gasteiger partial charge in [-0.1, -0.05) is 6.92 Å². The van der Waals surface area contributed by atoms with E-state index in [0.29, 0.717) is 24.1 Å². The first-order chi connectivity index (χ1) is 17.4. The van der Waals surface area contributed by atoms with E-state index in [4.69, 9.17) is 16.0 Å². The van der Waals surface area contributed by atoms with Crippen molar-refractivity contribution in [2.75, 3.05) is 18.8 Å². The summed E-state index contributed by atoms with van der Waals surface area (Å²) in [6.45, 7) is 2.54. The molecular formula is C23H32N6O8. The van der Waals surface area contributed by atoms with Crippen molar-refractivity contribution in [1.82, 2.24) is 26.3 Å². The molecule has 1 saturated heterocycles. The van der Waals surface area contributed by atoms with Crippen molar-refractivity contribution in [3.63, 3.8) is 0 Å². The fourth-order valence-corrected chi connectivity index (χ4v) is 3.78. The lowest BCUT2D eigenvalue weighted by atomic mass is 9.99. The van der Waals surface area contributed by atoms with Gasteiger partial charge < -0.3 is 31.7 Å². The minimum atomic E-state index is -1.32. The molecule has 8 N–H and O–H groups in total. The average molecular weight is 521 g/mol. The standard InChI is InChI=1S/C23H32N6O8/c1-12(19(31)28-37)10-16(21(33)26-13(2)23(35)36)27-22(34)17-4-3-9-29(17)18(30)11-25-20(32)14-5-7-15(24)8-6-14/h5-8,12-13,16-17,37H,3-4,9-11,24H2,1-2H3,(H,25,32)(H,26,33)(H,27,34)(H,28,31)(H,35,36)/t12?,13-,16-,17+/m1/s1. The van der Waals surface area contributed by atoms with E-state index in [-0.39, 0.29) is 19.5 Å². The van der Waals surface area contributed by atoms with Crippen LogP contribution in [-0.4, -0.2) is 81.9 Å². The maximum Gasteiger partial charge on any atom is 0.325 e. The molecule has 5 amide bonds. The molecular weight excluding hydrogens is 488 g/mol. The lowest BCUT2D eigenvalue weighted by molar-refractivity contribution is -0.143. The summed E-state index contributed by atoms with van der Waals surface area (Å²) in [4.78, 5) is 75.0. The normalized spacial score (nSPS) is 17.2. The van der Waals surface area contributed by atoms with Crippen LogP contribution < -0.4 is 27.2 Å². The number of hydroxylamine groups is 1. The highest BCUT2D eigenvalue weighted by molar-refractivity contribution is 5.98. The average Bonchev–Trinajstić information content (AvgIpc) is 3.36. The minimum absolute atomic E-state index is 0.241. The number of benzene rings is 1. The third-order valence-corrected chi connectivity index (χ3v) is 5.96. The zero-order valence-electron chi connectivity index (χ0n) is 20.5. The van der Waals surface area contributed by atoms with Gasteiger partial charge >= 0.3 is 5.97 Å². The minimum Gasteiger partial charge on any atom is -0.480 e. The third kappa shape index (κ3) is 8.17. The van der Waals surface area contributed by atoms with Gasteiger partial charge in [0.25, 0.3) is 5.91 Å². The Labute approximate surface area is 212 Å². The highest BCUT2D eigenvalue weighted by Crippen LogP contribution is 2.18. The second kappa shape index (κ2) is 13.2. The Hall–Kier alpha value is -4.20.